The summed E-state index contributed by atoms with van der Waals surface area (Å²) in [6.45, 7) is 6.63. The number of nitrogens with one attached hydrogen (secondary N) is 1. The minimum absolute atomic E-state index is 0.359. The Morgan fingerprint density at radius 1 is 1.04 bits per heavy atom. The number of benzene rings is 2. The van der Waals surface area contributed by atoms with Crippen LogP contribution in [0.2, 0.25) is 10.0 Å². The van der Waals surface area contributed by atoms with E-state index in [9.17, 15) is 0 Å². The lowest BCUT2D eigenvalue weighted by molar-refractivity contribution is 0.284. The Balaban J connectivity index is 1.96. The van der Waals surface area contributed by atoms with Crippen molar-refractivity contribution in [2.45, 2.75) is 33.4 Å². The van der Waals surface area contributed by atoms with Crippen molar-refractivity contribution < 1.29 is 9.47 Å². The van der Waals surface area contributed by atoms with E-state index in [1.165, 1.54) is 6.42 Å². The quantitative estimate of drug-likeness (QED) is 0.563. The lowest BCUT2D eigenvalue weighted by Crippen LogP contribution is -2.16. The van der Waals surface area contributed by atoms with Crippen molar-refractivity contribution >= 4 is 23.2 Å². The van der Waals surface area contributed by atoms with Crippen LogP contribution in [0.5, 0.6) is 11.5 Å². The first-order valence-corrected chi connectivity index (χ1v) is 9.19. The lowest BCUT2D eigenvalue weighted by Gasteiger charge is -2.13. The number of halogens is 2. The van der Waals surface area contributed by atoms with Gasteiger partial charge in [0.15, 0.2) is 11.5 Å². The summed E-state index contributed by atoms with van der Waals surface area (Å²) in [6, 6.07) is 11.4. The molecule has 2 aromatic rings. The molecule has 3 nitrogen and oxygen atoms in total. The van der Waals surface area contributed by atoms with Gasteiger partial charge in [-0.2, -0.15) is 0 Å². The zero-order chi connectivity index (χ0) is 18.2. The van der Waals surface area contributed by atoms with Crippen molar-refractivity contribution in [3.63, 3.8) is 0 Å². The third kappa shape index (κ3) is 6.43. The molecule has 0 saturated carbocycles. The maximum Gasteiger partial charge on any atom is 0.161 e. The van der Waals surface area contributed by atoms with Gasteiger partial charge >= 0.3 is 0 Å². The molecular weight excluding hydrogens is 357 g/mol. The van der Waals surface area contributed by atoms with Crippen LogP contribution in [-0.4, -0.2) is 13.7 Å². The fraction of sp³-hybridized carbons (Fsp3) is 0.400. The van der Waals surface area contributed by atoms with E-state index in [4.69, 9.17) is 32.7 Å². The van der Waals surface area contributed by atoms with Gasteiger partial charge in [-0.3, -0.25) is 0 Å². The Morgan fingerprint density at radius 2 is 1.84 bits per heavy atom. The van der Waals surface area contributed by atoms with E-state index in [0.29, 0.717) is 34.1 Å². The molecule has 0 radical (unpaired) electrons. The third-order valence-electron chi connectivity index (χ3n) is 3.85. The van der Waals surface area contributed by atoms with Crippen LogP contribution in [-0.2, 0) is 13.2 Å². The Bertz CT molecular complexity index is 689. The minimum atomic E-state index is 0.359. The summed E-state index contributed by atoms with van der Waals surface area (Å²) < 4.78 is 11.3. The molecule has 0 unspecified atom stereocenters. The number of hydrogen-bond donors (Lipinski definition) is 1. The molecule has 0 aliphatic carbocycles. The van der Waals surface area contributed by atoms with E-state index in [2.05, 4.69) is 19.2 Å². The summed E-state index contributed by atoms with van der Waals surface area (Å²) in [5, 5.41) is 4.65. The molecule has 5 heteroatoms. The second-order valence-corrected chi connectivity index (χ2v) is 7.21. The fourth-order valence-corrected chi connectivity index (χ4v) is 2.82. The van der Waals surface area contributed by atoms with Crippen molar-refractivity contribution in [1.29, 1.82) is 0 Å². The van der Waals surface area contributed by atoms with Crippen molar-refractivity contribution in [3.05, 3.63) is 57.6 Å². The van der Waals surface area contributed by atoms with E-state index < -0.39 is 0 Å². The predicted octanol–water partition coefficient (Wildman–Crippen LogP) is 5.72. The number of hydrogen-bond acceptors (Lipinski definition) is 3. The molecule has 0 aliphatic heterocycles. The number of methoxy groups -OCH3 is 1. The van der Waals surface area contributed by atoms with Gasteiger partial charge < -0.3 is 14.8 Å². The predicted molar refractivity (Wildman–Crippen MR) is 105 cm³/mol. The molecule has 136 valence electrons. The molecule has 0 saturated heterocycles. The van der Waals surface area contributed by atoms with Crippen molar-refractivity contribution in [2.75, 3.05) is 13.7 Å². The molecule has 0 aliphatic rings. The van der Waals surface area contributed by atoms with Crippen LogP contribution in [0.1, 0.15) is 31.4 Å². The first-order valence-electron chi connectivity index (χ1n) is 8.44. The number of ether oxygens (including phenoxy) is 2. The van der Waals surface area contributed by atoms with Gasteiger partial charge in [0.25, 0.3) is 0 Å². The molecule has 0 atom stereocenters. The van der Waals surface area contributed by atoms with Crippen LogP contribution in [0.3, 0.4) is 0 Å². The molecule has 0 heterocycles. The highest BCUT2D eigenvalue weighted by molar-refractivity contribution is 6.35. The Kier molecular flexibility index (Phi) is 7.89. The maximum absolute atomic E-state index is 6.18. The Morgan fingerprint density at radius 3 is 2.52 bits per heavy atom. The van der Waals surface area contributed by atoms with E-state index in [0.717, 1.165) is 24.2 Å². The normalized spacial score (nSPS) is 11.0. The van der Waals surface area contributed by atoms with Crippen LogP contribution in [0.4, 0.5) is 0 Å². The molecule has 0 bridgehead atoms. The summed E-state index contributed by atoms with van der Waals surface area (Å²) in [4.78, 5) is 0. The van der Waals surface area contributed by atoms with Gasteiger partial charge in [-0.05, 0) is 48.7 Å². The first kappa shape index (κ1) is 19.9. The molecule has 1 N–H and O–H groups in total. The maximum atomic E-state index is 6.18. The van der Waals surface area contributed by atoms with E-state index >= 15 is 0 Å². The second-order valence-electron chi connectivity index (χ2n) is 6.37. The SMILES string of the molecule is COc1cc(CNCCC(C)C)ccc1OCc1ccc(Cl)cc1Cl. The van der Waals surface area contributed by atoms with Crippen LogP contribution in [0.25, 0.3) is 0 Å². The van der Waals surface area contributed by atoms with Crippen LogP contribution < -0.4 is 14.8 Å². The minimum Gasteiger partial charge on any atom is -0.493 e. The topological polar surface area (TPSA) is 30.5 Å². The molecule has 2 rings (SSSR count). The van der Waals surface area contributed by atoms with E-state index in [-0.39, 0.29) is 0 Å². The molecule has 0 spiro atoms. The standard InChI is InChI=1S/C20H25Cl2NO2/c1-14(2)8-9-23-12-15-4-7-19(20(10-15)24-3)25-13-16-5-6-17(21)11-18(16)22/h4-7,10-11,14,23H,8-9,12-13H2,1-3H3. The van der Waals surface area contributed by atoms with Gasteiger partial charge in [-0.15, -0.1) is 0 Å². The second kappa shape index (κ2) is 9.91. The lowest BCUT2D eigenvalue weighted by atomic mass is 10.1. The van der Waals surface area contributed by atoms with Gasteiger partial charge in [0.1, 0.15) is 6.61 Å². The molecule has 0 aromatic heterocycles. The van der Waals surface area contributed by atoms with Crippen molar-refractivity contribution in [3.8, 4) is 11.5 Å². The van der Waals surface area contributed by atoms with Gasteiger partial charge in [0.2, 0.25) is 0 Å². The smallest absolute Gasteiger partial charge is 0.161 e. The summed E-state index contributed by atoms with van der Waals surface area (Å²) in [5.74, 6) is 2.12. The van der Waals surface area contributed by atoms with E-state index in [1.807, 2.05) is 24.3 Å². The number of rotatable bonds is 9. The van der Waals surface area contributed by atoms with Crippen LogP contribution in [0.15, 0.2) is 36.4 Å². The highest BCUT2D eigenvalue weighted by atomic mass is 35.5. The van der Waals surface area contributed by atoms with Crippen LogP contribution >= 0.6 is 23.2 Å². The summed E-state index contributed by atoms with van der Waals surface area (Å²) in [6.07, 6.45) is 1.17. The first-order chi connectivity index (χ1) is 12.0. The molecule has 2 aromatic carbocycles. The monoisotopic (exact) mass is 381 g/mol. The van der Waals surface area contributed by atoms with Crippen molar-refractivity contribution in [1.82, 2.24) is 5.32 Å². The molecule has 25 heavy (non-hydrogen) atoms. The highest BCUT2D eigenvalue weighted by Gasteiger charge is 2.08. The average molecular weight is 382 g/mol. The summed E-state index contributed by atoms with van der Waals surface area (Å²) in [5.41, 5.74) is 2.05. The van der Waals surface area contributed by atoms with Crippen LogP contribution in [0, 0.1) is 5.92 Å². The van der Waals surface area contributed by atoms with Gasteiger partial charge in [-0.25, -0.2) is 0 Å². The van der Waals surface area contributed by atoms with Gasteiger partial charge in [-0.1, -0.05) is 49.2 Å². The average Bonchev–Trinajstić information content (AvgIpc) is 2.58. The Hall–Kier alpha value is -1.42. The largest absolute Gasteiger partial charge is 0.493 e. The zero-order valence-corrected chi connectivity index (χ0v) is 16.5. The van der Waals surface area contributed by atoms with E-state index in [1.54, 1.807) is 19.2 Å². The third-order valence-corrected chi connectivity index (χ3v) is 4.44. The van der Waals surface area contributed by atoms with Crippen molar-refractivity contribution in [2.24, 2.45) is 5.92 Å². The molecule has 0 amide bonds. The zero-order valence-electron chi connectivity index (χ0n) is 14.9. The summed E-state index contributed by atoms with van der Waals surface area (Å²) in [7, 11) is 1.65. The summed E-state index contributed by atoms with van der Waals surface area (Å²) >= 11 is 12.1. The highest BCUT2D eigenvalue weighted by Crippen LogP contribution is 2.30. The van der Waals surface area contributed by atoms with Gasteiger partial charge in [0, 0.05) is 22.2 Å². The fourth-order valence-electron chi connectivity index (χ4n) is 2.36. The Labute approximate surface area is 160 Å². The van der Waals surface area contributed by atoms with Gasteiger partial charge in [0.05, 0.1) is 7.11 Å². The molecular formula is C20H25Cl2NO2. The molecule has 0 fully saturated rings.